The number of hydrogen-bond acceptors (Lipinski definition) is 4. The molecule has 1 saturated heterocycles. The number of halogens is 2. The second-order valence-electron chi connectivity index (χ2n) is 7.79. The minimum Gasteiger partial charge on any atom is -0.313 e. The minimum atomic E-state index is -2.77. The number of fused-ring (bicyclic) bond motifs is 2. The van der Waals surface area contributed by atoms with E-state index in [0.717, 1.165) is 19.4 Å². The van der Waals surface area contributed by atoms with Crippen LogP contribution in [0.4, 0.5) is 8.78 Å². The lowest BCUT2D eigenvalue weighted by molar-refractivity contribution is -0.246. The van der Waals surface area contributed by atoms with Crippen molar-refractivity contribution in [2.24, 2.45) is 17.8 Å². The van der Waals surface area contributed by atoms with E-state index in [1.165, 1.54) is 0 Å². The summed E-state index contributed by atoms with van der Waals surface area (Å²) in [5, 5.41) is 12.7. The summed E-state index contributed by atoms with van der Waals surface area (Å²) in [6.45, 7) is 0.783. The summed E-state index contributed by atoms with van der Waals surface area (Å²) >= 11 is 0. The van der Waals surface area contributed by atoms with Crippen molar-refractivity contribution in [3.05, 3.63) is 35.9 Å². The van der Waals surface area contributed by atoms with Crippen LogP contribution in [0.5, 0.6) is 0 Å². The fourth-order valence-corrected chi connectivity index (χ4v) is 5.78. The third-order valence-corrected chi connectivity index (χ3v) is 6.68. The van der Waals surface area contributed by atoms with E-state index >= 15 is 0 Å². The Hall–Kier alpha value is -1.53. The van der Waals surface area contributed by atoms with Gasteiger partial charge in [-0.15, -0.1) is 0 Å². The predicted molar refractivity (Wildman–Crippen MR) is 87.1 cm³/mol. The normalized spacial score (nSPS) is 35.5. The lowest BCUT2D eigenvalue weighted by atomic mass is 9.59. The molecule has 2 aliphatic carbocycles. The molecular weight excluding hydrogens is 328 g/mol. The number of carbonyl (C=O) groups excluding carboxylic acids is 1. The molecule has 3 aliphatic rings. The van der Waals surface area contributed by atoms with E-state index in [4.69, 9.17) is 0 Å². The van der Waals surface area contributed by atoms with Gasteiger partial charge in [-0.2, -0.15) is 5.26 Å². The van der Waals surface area contributed by atoms with E-state index in [2.05, 4.69) is 10.2 Å². The van der Waals surface area contributed by atoms with Gasteiger partial charge in [0.2, 0.25) is 5.92 Å². The highest BCUT2D eigenvalue weighted by molar-refractivity contribution is 5.84. The second kappa shape index (κ2) is 6.02. The fourth-order valence-electron chi connectivity index (χ4n) is 5.78. The number of carbonyl (C=O) groups is 1. The van der Waals surface area contributed by atoms with E-state index in [0.29, 0.717) is 5.56 Å². The maximum Gasteiger partial charge on any atom is 0.353 e. The Morgan fingerprint density at radius 1 is 1.24 bits per heavy atom. The molecule has 4 nitrogen and oxygen atoms in total. The van der Waals surface area contributed by atoms with Gasteiger partial charge in [-0.1, -0.05) is 30.3 Å². The molecule has 2 N–H and O–H groups in total. The van der Waals surface area contributed by atoms with Crippen molar-refractivity contribution in [1.29, 1.82) is 0 Å². The van der Waals surface area contributed by atoms with Crippen LogP contribution in [0.1, 0.15) is 37.7 Å². The van der Waals surface area contributed by atoms with Crippen LogP contribution in [0.15, 0.2) is 30.3 Å². The Labute approximate surface area is 145 Å². The average Bonchev–Trinajstić information content (AvgIpc) is 3.32. The van der Waals surface area contributed by atoms with E-state index < -0.39 is 23.2 Å². The number of rotatable bonds is 4. The van der Waals surface area contributed by atoms with Crippen molar-refractivity contribution >= 4 is 5.97 Å². The number of nitrogens with one attached hydrogen (secondary N) is 1. The summed E-state index contributed by atoms with van der Waals surface area (Å²) in [4.78, 5) is 17.3. The zero-order chi connectivity index (χ0) is 17.7. The second-order valence-corrected chi connectivity index (χ2v) is 7.79. The summed E-state index contributed by atoms with van der Waals surface area (Å²) < 4.78 is 28.1. The summed E-state index contributed by atoms with van der Waals surface area (Å²) in [5.74, 6) is -4.00. The van der Waals surface area contributed by atoms with E-state index in [-0.39, 0.29) is 37.1 Å². The van der Waals surface area contributed by atoms with Crippen molar-refractivity contribution in [1.82, 2.24) is 5.32 Å². The van der Waals surface area contributed by atoms with Crippen LogP contribution in [-0.4, -0.2) is 29.7 Å². The molecule has 5 atom stereocenters. The van der Waals surface area contributed by atoms with Crippen molar-refractivity contribution < 1.29 is 23.7 Å². The summed E-state index contributed by atoms with van der Waals surface area (Å²) in [6, 6.07) is 9.18. The third-order valence-electron chi connectivity index (χ3n) is 6.68. The number of hydrogen-bond donors (Lipinski definition) is 2. The van der Waals surface area contributed by atoms with Gasteiger partial charge in [0.15, 0.2) is 0 Å². The number of piperidine rings is 1. The van der Waals surface area contributed by atoms with E-state index in [9.17, 15) is 18.8 Å². The monoisotopic (exact) mass is 351 g/mol. The maximum atomic E-state index is 14.1. The number of alkyl halides is 2. The SMILES string of the molecule is O=C(OO)C(c1ccccc1)(C1C2CCC1NC2)[C@H]1CCC(F)(F)C1. The molecule has 2 bridgehead atoms. The molecule has 4 rings (SSSR count). The molecule has 0 amide bonds. The van der Waals surface area contributed by atoms with Crippen LogP contribution in [0.3, 0.4) is 0 Å². The van der Waals surface area contributed by atoms with Gasteiger partial charge in [0, 0.05) is 18.9 Å². The Balaban J connectivity index is 1.88. The van der Waals surface area contributed by atoms with Crippen molar-refractivity contribution in [3.8, 4) is 0 Å². The van der Waals surface area contributed by atoms with E-state index in [1.807, 2.05) is 30.3 Å². The Morgan fingerprint density at radius 2 is 2.00 bits per heavy atom. The lowest BCUT2D eigenvalue weighted by Gasteiger charge is -2.43. The van der Waals surface area contributed by atoms with Crippen LogP contribution < -0.4 is 5.32 Å². The Kier molecular flexibility index (Phi) is 4.07. The lowest BCUT2D eigenvalue weighted by Crippen LogP contribution is -2.53. The highest BCUT2D eigenvalue weighted by Crippen LogP contribution is 2.58. The topological polar surface area (TPSA) is 58.6 Å². The Morgan fingerprint density at radius 3 is 2.48 bits per heavy atom. The van der Waals surface area contributed by atoms with Gasteiger partial charge < -0.3 is 5.32 Å². The van der Waals surface area contributed by atoms with Gasteiger partial charge in [-0.25, -0.2) is 13.6 Å². The molecular formula is C19H23F2NO3. The van der Waals surface area contributed by atoms with Gasteiger partial charge in [0.1, 0.15) is 5.41 Å². The summed E-state index contributed by atoms with van der Waals surface area (Å²) in [5.41, 5.74) is -0.548. The molecule has 6 heteroatoms. The molecule has 1 aliphatic heterocycles. The predicted octanol–water partition coefficient (Wildman–Crippen LogP) is 3.37. The highest BCUT2D eigenvalue weighted by atomic mass is 19.3. The van der Waals surface area contributed by atoms with Gasteiger partial charge in [-0.3, -0.25) is 4.89 Å². The molecule has 136 valence electrons. The zero-order valence-electron chi connectivity index (χ0n) is 14.0. The summed E-state index contributed by atoms with van der Waals surface area (Å²) in [7, 11) is 0. The molecule has 2 saturated carbocycles. The molecule has 0 spiro atoms. The minimum absolute atomic E-state index is 0.0959. The largest absolute Gasteiger partial charge is 0.353 e. The van der Waals surface area contributed by atoms with Crippen molar-refractivity contribution in [2.75, 3.05) is 6.54 Å². The molecule has 0 radical (unpaired) electrons. The first kappa shape index (κ1) is 16.9. The molecule has 3 fully saturated rings. The molecule has 4 unspecified atom stereocenters. The summed E-state index contributed by atoms with van der Waals surface area (Å²) in [6.07, 6.45) is 1.59. The van der Waals surface area contributed by atoms with Gasteiger partial charge in [0.05, 0.1) is 0 Å². The van der Waals surface area contributed by atoms with Gasteiger partial charge >= 0.3 is 5.97 Å². The van der Waals surface area contributed by atoms with Crippen LogP contribution >= 0.6 is 0 Å². The first-order chi connectivity index (χ1) is 12.0. The molecule has 1 heterocycles. The van der Waals surface area contributed by atoms with Crippen LogP contribution in [-0.2, 0) is 15.1 Å². The first-order valence-corrected chi connectivity index (χ1v) is 9.01. The van der Waals surface area contributed by atoms with Crippen molar-refractivity contribution in [3.63, 3.8) is 0 Å². The van der Waals surface area contributed by atoms with Gasteiger partial charge in [0.25, 0.3) is 0 Å². The van der Waals surface area contributed by atoms with Crippen LogP contribution in [0, 0.1) is 17.8 Å². The molecule has 1 aromatic carbocycles. The highest BCUT2D eigenvalue weighted by Gasteiger charge is 2.64. The van der Waals surface area contributed by atoms with Crippen LogP contribution in [0.25, 0.3) is 0 Å². The maximum absolute atomic E-state index is 14.1. The standard InChI is InChI=1S/C19H23F2NO3/c20-18(21)9-8-14(10-18)19(17(23)25-24,13-4-2-1-3-5-13)16-12-6-7-15(16)22-11-12/h1-5,12,14-16,22,24H,6-11H2/t12?,14-,15?,16?,19?/m0/s1. The van der Waals surface area contributed by atoms with E-state index in [1.54, 1.807) is 0 Å². The van der Waals surface area contributed by atoms with Crippen molar-refractivity contribution in [2.45, 2.75) is 49.5 Å². The van der Waals surface area contributed by atoms with Gasteiger partial charge in [-0.05, 0) is 49.1 Å². The van der Waals surface area contributed by atoms with Crippen LogP contribution in [0.2, 0.25) is 0 Å². The average molecular weight is 351 g/mol. The molecule has 25 heavy (non-hydrogen) atoms. The molecule has 0 aromatic heterocycles. The zero-order valence-corrected chi connectivity index (χ0v) is 14.0. The first-order valence-electron chi connectivity index (χ1n) is 9.01. The fraction of sp³-hybridized carbons (Fsp3) is 0.632. The Bertz CT molecular complexity index is 633. The third kappa shape index (κ3) is 2.49. The smallest absolute Gasteiger partial charge is 0.313 e. The quantitative estimate of drug-likeness (QED) is 0.645. The number of benzene rings is 1. The molecule has 1 aromatic rings.